The van der Waals surface area contributed by atoms with Crippen LogP contribution in [0.5, 0.6) is 0 Å². The fourth-order valence-corrected chi connectivity index (χ4v) is 2.31. The van der Waals surface area contributed by atoms with Gasteiger partial charge in [0.25, 0.3) is 0 Å². The second-order valence-corrected chi connectivity index (χ2v) is 4.13. The van der Waals surface area contributed by atoms with E-state index in [1.807, 2.05) is 0 Å². The van der Waals surface area contributed by atoms with Gasteiger partial charge in [-0.1, -0.05) is 0 Å². The van der Waals surface area contributed by atoms with Crippen molar-refractivity contribution in [3.63, 3.8) is 0 Å². The normalized spacial score (nSPS) is 44.1. The van der Waals surface area contributed by atoms with E-state index >= 15 is 0 Å². The molecule has 2 aliphatic rings. The molecule has 10 heavy (non-hydrogen) atoms. The quantitative estimate of drug-likeness (QED) is 0.587. The highest BCUT2D eigenvalue weighted by Crippen LogP contribution is 2.54. The highest BCUT2D eigenvalue weighted by Gasteiger charge is 2.56. The van der Waals surface area contributed by atoms with Crippen LogP contribution in [-0.2, 0) is 0 Å². The Hall–Kier alpha value is -0.0800. The Kier molecular flexibility index (Phi) is 1.29. The van der Waals surface area contributed by atoms with E-state index in [-0.39, 0.29) is 0 Å². The lowest BCUT2D eigenvalue weighted by Crippen LogP contribution is -2.27. The Morgan fingerprint density at radius 2 is 2.40 bits per heavy atom. The SMILES string of the molecule is CN(C)C[C@]12CNC[C@H]1C2. The molecule has 0 aromatic rings. The smallest absolute Gasteiger partial charge is 0.00473 e. The summed E-state index contributed by atoms with van der Waals surface area (Å²) in [5.74, 6) is 1.01. The molecule has 0 unspecified atom stereocenters. The number of piperidine rings is 1. The third-order valence-electron chi connectivity index (χ3n) is 2.86. The van der Waals surface area contributed by atoms with Crippen molar-refractivity contribution in [3.8, 4) is 0 Å². The van der Waals surface area contributed by atoms with Crippen LogP contribution < -0.4 is 5.32 Å². The van der Waals surface area contributed by atoms with Crippen LogP contribution in [0.2, 0.25) is 0 Å². The van der Waals surface area contributed by atoms with Gasteiger partial charge in [-0.25, -0.2) is 0 Å². The average Bonchev–Trinajstić information content (AvgIpc) is 2.33. The maximum Gasteiger partial charge on any atom is 0.00473 e. The number of nitrogens with one attached hydrogen (secondary N) is 1. The first-order valence-electron chi connectivity index (χ1n) is 4.08. The molecule has 2 nitrogen and oxygen atoms in total. The number of fused-ring (bicyclic) bond motifs is 1. The molecular weight excluding hydrogens is 124 g/mol. The van der Waals surface area contributed by atoms with Crippen molar-refractivity contribution < 1.29 is 0 Å². The predicted molar refractivity (Wildman–Crippen MR) is 42.0 cm³/mol. The van der Waals surface area contributed by atoms with Gasteiger partial charge in [-0.2, -0.15) is 0 Å². The molecule has 58 valence electrons. The van der Waals surface area contributed by atoms with Crippen LogP contribution in [0.15, 0.2) is 0 Å². The van der Waals surface area contributed by atoms with E-state index in [1.54, 1.807) is 0 Å². The van der Waals surface area contributed by atoms with Crippen LogP contribution >= 0.6 is 0 Å². The molecular formula is C8H16N2. The zero-order chi connectivity index (χ0) is 7.19. The summed E-state index contributed by atoms with van der Waals surface area (Å²) in [7, 11) is 4.34. The first kappa shape index (κ1) is 6.62. The zero-order valence-corrected chi connectivity index (χ0v) is 6.85. The molecule has 2 rings (SSSR count). The topological polar surface area (TPSA) is 15.3 Å². The van der Waals surface area contributed by atoms with Gasteiger partial charge in [0.1, 0.15) is 0 Å². The van der Waals surface area contributed by atoms with E-state index < -0.39 is 0 Å². The molecule has 2 heteroatoms. The highest BCUT2D eigenvalue weighted by atomic mass is 15.1. The molecule has 1 heterocycles. The Morgan fingerprint density at radius 1 is 1.60 bits per heavy atom. The summed E-state index contributed by atoms with van der Waals surface area (Å²) in [5, 5.41) is 3.44. The Labute approximate surface area is 62.6 Å². The molecule has 2 fully saturated rings. The van der Waals surface area contributed by atoms with E-state index in [0.29, 0.717) is 5.41 Å². The van der Waals surface area contributed by atoms with Crippen molar-refractivity contribution >= 4 is 0 Å². The summed E-state index contributed by atoms with van der Waals surface area (Å²) in [6, 6.07) is 0. The van der Waals surface area contributed by atoms with Crippen LogP contribution in [0.3, 0.4) is 0 Å². The van der Waals surface area contributed by atoms with E-state index in [1.165, 1.54) is 26.1 Å². The van der Waals surface area contributed by atoms with Crippen LogP contribution in [-0.4, -0.2) is 38.6 Å². The highest BCUT2D eigenvalue weighted by molar-refractivity contribution is 5.10. The predicted octanol–water partition coefficient (Wildman–Crippen LogP) is 0.158. The van der Waals surface area contributed by atoms with Gasteiger partial charge in [-0.05, 0) is 38.4 Å². The van der Waals surface area contributed by atoms with Gasteiger partial charge in [-0.15, -0.1) is 0 Å². The van der Waals surface area contributed by atoms with Gasteiger partial charge in [-0.3, -0.25) is 0 Å². The molecule has 1 saturated heterocycles. The Balaban J connectivity index is 1.93. The summed E-state index contributed by atoms with van der Waals surface area (Å²) in [6.45, 7) is 3.81. The molecule has 0 spiro atoms. The minimum Gasteiger partial charge on any atom is -0.316 e. The summed E-state index contributed by atoms with van der Waals surface area (Å²) in [4.78, 5) is 2.31. The number of hydrogen-bond donors (Lipinski definition) is 1. The molecule has 1 aliphatic heterocycles. The maximum absolute atomic E-state index is 3.44. The minimum absolute atomic E-state index is 0.698. The van der Waals surface area contributed by atoms with Crippen molar-refractivity contribution in [2.75, 3.05) is 33.7 Å². The fourth-order valence-electron chi connectivity index (χ4n) is 2.31. The molecule has 0 aromatic heterocycles. The number of rotatable bonds is 2. The minimum atomic E-state index is 0.698. The van der Waals surface area contributed by atoms with Gasteiger partial charge >= 0.3 is 0 Å². The Bertz CT molecular complexity index is 144. The van der Waals surface area contributed by atoms with E-state index in [4.69, 9.17) is 0 Å². The Morgan fingerprint density at radius 3 is 2.80 bits per heavy atom. The van der Waals surface area contributed by atoms with Crippen LogP contribution in [0, 0.1) is 11.3 Å². The lowest BCUT2D eigenvalue weighted by atomic mass is 10.1. The van der Waals surface area contributed by atoms with E-state index in [0.717, 1.165) is 5.92 Å². The lowest BCUT2D eigenvalue weighted by Gasteiger charge is -2.17. The summed E-state index contributed by atoms with van der Waals surface area (Å²) in [5.41, 5.74) is 0.698. The third-order valence-corrected chi connectivity index (χ3v) is 2.86. The van der Waals surface area contributed by atoms with E-state index in [2.05, 4.69) is 24.3 Å². The van der Waals surface area contributed by atoms with Gasteiger partial charge in [0.15, 0.2) is 0 Å². The number of hydrogen-bond acceptors (Lipinski definition) is 2. The van der Waals surface area contributed by atoms with Gasteiger partial charge in [0.2, 0.25) is 0 Å². The average molecular weight is 140 g/mol. The molecule has 2 atom stereocenters. The summed E-state index contributed by atoms with van der Waals surface area (Å²) >= 11 is 0. The van der Waals surface area contributed by atoms with E-state index in [9.17, 15) is 0 Å². The maximum atomic E-state index is 3.44. The fraction of sp³-hybridized carbons (Fsp3) is 1.00. The van der Waals surface area contributed by atoms with Crippen molar-refractivity contribution in [1.82, 2.24) is 10.2 Å². The van der Waals surface area contributed by atoms with Crippen LogP contribution in [0.4, 0.5) is 0 Å². The summed E-state index contributed by atoms with van der Waals surface area (Å²) in [6.07, 6.45) is 1.47. The molecule has 0 bridgehead atoms. The van der Waals surface area contributed by atoms with Gasteiger partial charge < -0.3 is 10.2 Å². The zero-order valence-electron chi connectivity index (χ0n) is 6.85. The third kappa shape index (κ3) is 0.867. The molecule has 1 N–H and O–H groups in total. The van der Waals surface area contributed by atoms with Gasteiger partial charge in [0, 0.05) is 13.1 Å². The van der Waals surface area contributed by atoms with Crippen LogP contribution in [0.25, 0.3) is 0 Å². The molecule has 0 aromatic carbocycles. The molecule has 1 saturated carbocycles. The van der Waals surface area contributed by atoms with Crippen molar-refractivity contribution in [2.24, 2.45) is 11.3 Å². The first-order chi connectivity index (χ1) is 4.73. The van der Waals surface area contributed by atoms with Gasteiger partial charge in [0.05, 0.1) is 0 Å². The van der Waals surface area contributed by atoms with Crippen LogP contribution in [0.1, 0.15) is 6.42 Å². The second kappa shape index (κ2) is 1.95. The summed E-state index contributed by atoms with van der Waals surface area (Å²) < 4.78 is 0. The van der Waals surface area contributed by atoms with Crippen molar-refractivity contribution in [2.45, 2.75) is 6.42 Å². The number of nitrogens with zero attached hydrogens (tertiary/aromatic N) is 1. The van der Waals surface area contributed by atoms with Crippen molar-refractivity contribution in [3.05, 3.63) is 0 Å². The lowest BCUT2D eigenvalue weighted by molar-refractivity contribution is 0.311. The largest absolute Gasteiger partial charge is 0.316 e. The van der Waals surface area contributed by atoms with Crippen molar-refractivity contribution in [1.29, 1.82) is 0 Å². The second-order valence-electron chi connectivity index (χ2n) is 4.13. The standard InChI is InChI=1S/C8H16N2/c1-10(2)6-8-3-7(8)4-9-5-8/h7,9H,3-6H2,1-2H3/t7-,8+/m1/s1. The molecule has 1 aliphatic carbocycles. The monoisotopic (exact) mass is 140 g/mol. The molecule has 0 amide bonds. The molecule has 0 radical (unpaired) electrons. The first-order valence-corrected chi connectivity index (χ1v) is 4.08.